The summed E-state index contributed by atoms with van der Waals surface area (Å²) in [7, 11) is 0. The number of halogens is 2. The molecule has 0 aliphatic heterocycles. The van der Waals surface area contributed by atoms with Gasteiger partial charge in [-0.15, -0.1) is 0 Å². The number of para-hydroxylation sites is 1. The van der Waals surface area contributed by atoms with Crippen molar-refractivity contribution in [1.82, 2.24) is 9.97 Å². The number of hydrogen-bond acceptors (Lipinski definition) is 2. The fourth-order valence-electron chi connectivity index (χ4n) is 2.86. The molecule has 4 aromatic rings. The number of pyridine rings is 1. The largest absolute Gasteiger partial charge is 0.353 e. The van der Waals surface area contributed by atoms with Crippen molar-refractivity contribution < 1.29 is 13.6 Å². The Balaban J connectivity index is 1.69. The maximum atomic E-state index is 13.8. The molecule has 0 atom stereocenters. The van der Waals surface area contributed by atoms with Gasteiger partial charge in [-0.25, -0.2) is 13.6 Å². The number of aromatic nitrogens is 2. The first-order valence-electron chi connectivity index (χ1n) is 8.16. The van der Waals surface area contributed by atoms with Gasteiger partial charge in [-0.3, -0.25) is 4.98 Å². The highest BCUT2D eigenvalue weighted by atomic mass is 19.1. The molecular weight excluding hydrogens is 350 g/mol. The van der Waals surface area contributed by atoms with E-state index in [1.54, 1.807) is 18.5 Å². The average molecular weight is 364 g/mol. The molecule has 0 saturated heterocycles. The normalized spacial score (nSPS) is 10.7. The number of fused-ring (bicyclic) bond motifs is 1. The zero-order valence-electron chi connectivity index (χ0n) is 14.0. The molecule has 0 aliphatic carbocycles. The molecule has 0 saturated carbocycles. The molecule has 0 spiro atoms. The smallest absolute Gasteiger partial charge is 0.323 e. The fourth-order valence-corrected chi connectivity index (χ4v) is 2.86. The second-order valence-electron chi connectivity index (χ2n) is 5.87. The molecule has 5 nitrogen and oxygen atoms in total. The van der Waals surface area contributed by atoms with E-state index in [2.05, 4.69) is 20.6 Å². The maximum absolute atomic E-state index is 13.8. The highest BCUT2D eigenvalue weighted by Crippen LogP contribution is 2.34. The number of carbonyl (C=O) groups excluding carboxylic acids is 1. The standard InChI is InChI=1S/C20H14F2N4O/c21-13-7-8-17(15(22)10-13)25-20(27)26-19-14-5-1-2-6-16(14)24-18(19)12-4-3-9-23-11-12/h1-11,24H,(H2,25,26,27). The highest BCUT2D eigenvalue weighted by molar-refractivity contribution is 6.10. The lowest BCUT2D eigenvalue weighted by Gasteiger charge is -2.10. The van der Waals surface area contributed by atoms with E-state index in [-0.39, 0.29) is 5.69 Å². The average Bonchev–Trinajstić information content (AvgIpc) is 3.03. The van der Waals surface area contributed by atoms with E-state index in [9.17, 15) is 13.6 Å². The van der Waals surface area contributed by atoms with Gasteiger partial charge in [0.15, 0.2) is 0 Å². The molecule has 4 rings (SSSR count). The van der Waals surface area contributed by atoms with Gasteiger partial charge in [0.2, 0.25) is 0 Å². The third-order valence-electron chi connectivity index (χ3n) is 4.07. The number of H-pyrrole nitrogens is 1. The first-order chi connectivity index (χ1) is 13.1. The van der Waals surface area contributed by atoms with Crippen molar-refractivity contribution in [3.8, 4) is 11.3 Å². The number of amides is 2. The summed E-state index contributed by atoms with van der Waals surface area (Å²) >= 11 is 0. The van der Waals surface area contributed by atoms with Gasteiger partial charge < -0.3 is 15.6 Å². The Hall–Kier alpha value is -3.74. The second-order valence-corrected chi connectivity index (χ2v) is 5.87. The Morgan fingerprint density at radius 2 is 1.85 bits per heavy atom. The molecular formula is C20H14F2N4O. The molecule has 2 aromatic carbocycles. The van der Waals surface area contributed by atoms with Gasteiger partial charge in [-0.05, 0) is 30.3 Å². The van der Waals surface area contributed by atoms with Crippen LogP contribution in [0.2, 0.25) is 0 Å². The van der Waals surface area contributed by atoms with E-state index in [1.165, 1.54) is 6.07 Å². The summed E-state index contributed by atoms with van der Waals surface area (Å²) in [6.07, 6.45) is 3.33. The van der Waals surface area contributed by atoms with Crippen LogP contribution in [-0.4, -0.2) is 16.0 Å². The van der Waals surface area contributed by atoms with Gasteiger partial charge in [0.1, 0.15) is 11.6 Å². The van der Waals surface area contributed by atoms with Crippen LogP contribution >= 0.6 is 0 Å². The number of nitrogens with one attached hydrogen (secondary N) is 3. The summed E-state index contributed by atoms with van der Waals surface area (Å²) in [6, 6.07) is 13.4. The molecule has 3 N–H and O–H groups in total. The SMILES string of the molecule is O=C(Nc1ccc(F)cc1F)Nc1c(-c2cccnc2)[nH]c2ccccc12. The summed E-state index contributed by atoms with van der Waals surface area (Å²) in [4.78, 5) is 19.8. The number of benzene rings is 2. The van der Waals surface area contributed by atoms with E-state index >= 15 is 0 Å². The number of rotatable bonds is 3. The Labute approximate surface area is 153 Å². The number of aromatic amines is 1. The number of hydrogen-bond donors (Lipinski definition) is 3. The zero-order chi connectivity index (χ0) is 18.8. The predicted octanol–water partition coefficient (Wildman–Crippen LogP) is 5.15. The number of anilines is 2. The molecule has 2 aromatic heterocycles. The van der Waals surface area contributed by atoms with Crippen molar-refractivity contribution >= 4 is 28.3 Å². The minimum Gasteiger partial charge on any atom is -0.353 e. The Kier molecular flexibility index (Phi) is 4.25. The van der Waals surface area contributed by atoms with Crippen LogP contribution in [0.3, 0.4) is 0 Å². The minimum atomic E-state index is -0.850. The third-order valence-corrected chi connectivity index (χ3v) is 4.07. The van der Waals surface area contributed by atoms with Crippen LogP contribution in [0.25, 0.3) is 22.2 Å². The van der Waals surface area contributed by atoms with E-state index in [1.807, 2.05) is 30.3 Å². The quantitative estimate of drug-likeness (QED) is 0.470. The molecule has 0 bridgehead atoms. The van der Waals surface area contributed by atoms with Crippen molar-refractivity contribution in [2.75, 3.05) is 10.6 Å². The van der Waals surface area contributed by atoms with Crippen molar-refractivity contribution in [1.29, 1.82) is 0 Å². The summed E-state index contributed by atoms with van der Waals surface area (Å²) in [5.41, 5.74) is 2.73. The van der Waals surface area contributed by atoms with Gasteiger partial charge in [-0.2, -0.15) is 0 Å². The molecule has 27 heavy (non-hydrogen) atoms. The van der Waals surface area contributed by atoms with Crippen molar-refractivity contribution in [2.24, 2.45) is 0 Å². The molecule has 134 valence electrons. The topological polar surface area (TPSA) is 69.8 Å². The van der Waals surface area contributed by atoms with Crippen LogP contribution in [0.15, 0.2) is 67.0 Å². The fraction of sp³-hybridized carbons (Fsp3) is 0. The van der Waals surface area contributed by atoms with Crippen LogP contribution in [0.5, 0.6) is 0 Å². The van der Waals surface area contributed by atoms with Gasteiger partial charge in [0.25, 0.3) is 0 Å². The first kappa shape index (κ1) is 16.7. The zero-order valence-corrected chi connectivity index (χ0v) is 14.0. The lowest BCUT2D eigenvalue weighted by atomic mass is 10.1. The summed E-state index contributed by atoms with van der Waals surface area (Å²) in [5.74, 6) is -1.56. The third kappa shape index (κ3) is 3.35. The molecule has 7 heteroatoms. The van der Waals surface area contributed by atoms with Crippen LogP contribution in [-0.2, 0) is 0 Å². The lowest BCUT2D eigenvalue weighted by Crippen LogP contribution is -2.20. The van der Waals surface area contributed by atoms with E-state index < -0.39 is 17.7 Å². The molecule has 2 amide bonds. The number of nitrogens with zero attached hydrogens (tertiary/aromatic N) is 1. The summed E-state index contributed by atoms with van der Waals surface area (Å²) in [5, 5.41) is 5.95. The van der Waals surface area contributed by atoms with E-state index in [4.69, 9.17) is 0 Å². The van der Waals surface area contributed by atoms with Crippen molar-refractivity contribution in [3.63, 3.8) is 0 Å². The van der Waals surface area contributed by atoms with Crippen molar-refractivity contribution in [2.45, 2.75) is 0 Å². The van der Waals surface area contributed by atoms with Gasteiger partial charge >= 0.3 is 6.03 Å². The van der Waals surface area contributed by atoms with Crippen LogP contribution in [0, 0.1) is 11.6 Å². The van der Waals surface area contributed by atoms with Gasteiger partial charge in [0.05, 0.1) is 17.1 Å². The highest BCUT2D eigenvalue weighted by Gasteiger charge is 2.16. The molecule has 0 aliphatic rings. The monoisotopic (exact) mass is 364 g/mol. The first-order valence-corrected chi connectivity index (χ1v) is 8.16. The summed E-state index contributed by atoms with van der Waals surface area (Å²) < 4.78 is 26.8. The van der Waals surface area contributed by atoms with Crippen LogP contribution in [0.4, 0.5) is 25.0 Å². The van der Waals surface area contributed by atoms with Crippen molar-refractivity contribution in [3.05, 3.63) is 78.6 Å². The molecule has 0 unspecified atom stereocenters. The summed E-state index contributed by atoms with van der Waals surface area (Å²) in [6.45, 7) is 0. The van der Waals surface area contributed by atoms with E-state index in [0.717, 1.165) is 22.5 Å². The van der Waals surface area contributed by atoms with Crippen LogP contribution < -0.4 is 10.6 Å². The van der Waals surface area contributed by atoms with Gasteiger partial charge in [-0.1, -0.05) is 18.2 Å². The van der Waals surface area contributed by atoms with E-state index in [0.29, 0.717) is 17.4 Å². The maximum Gasteiger partial charge on any atom is 0.323 e. The number of carbonyl (C=O) groups is 1. The molecule has 2 heterocycles. The second kappa shape index (κ2) is 6.87. The van der Waals surface area contributed by atoms with Gasteiger partial charge in [0, 0.05) is 34.9 Å². The molecule has 0 fully saturated rings. The Bertz CT molecular complexity index is 1130. The lowest BCUT2D eigenvalue weighted by molar-refractivity contribution is 0.262. The Morgan fingerprint density at radius 1 is 1.00 bits per heavy atom. The minimum absolute atomic E-state index is 0.114. The molecule has 0 radical (unpaired) electrons. The predicted molar refractivity (Wildman–Crippen MR) is 101 cm³/mol. The number of urea groups is 1. The van der Waals surface area contributed by atoms with Crippen LogP contribution in [0.1, 0.15) is 0 Å². The Morgan fingerprint density at radius 3 is 2.63 bits per heavy atom.